The number of para-hydroxylation sites is 1. The average Bonchev–Trinajstić information content (AvgIpc) is 2.54. The summed E-state index contributed by atoms with van der Waals surface area (Å²) in [6, 6.07) is 7.46. The van der Waals surface area contributed by atoms with Crippen LogP contribution in [-0.2, 0) is 4.74 Å². The fourth-order valence-electron chi connectivity index (χ4n) is 1.88. The molecule has 0 aromatic heterocycles. The Morgan fingerprint density at radius 2 is 2.00 bits per heavy atom. The molecule has 0 saturated heterocycles. The van der Waals surface area contributed by atoms with Gasteiger partial charge in [-0.2, -0.15) is 0 Å². The van der Waals surface area contributed by atoms with E-state index in [1.807, 2.05) is 45.0 Å². The van der Waals surface area contributed by atoms with Gasteiger partial charge in [0.1, 0.15) is 11.9 Å². The van der Waals surface area contributed by atoms with Crippen molar-refractivity contribution >= 4 is 41.5 Å². The van der Waals surface area contributed by atoms with Crippen LogP contribution >= 0.6 is 35.6 Å². The van der Waals surface area contributed by atoms with Crippen molar-refractivity contribution in [3.05, 3.63) is 29.3 Å². The zero-order chi connectivity index (χ0) is 16.9. The zero-order valence-electron chi connectivity index (χ0n) is 14.7. The fourth-order valence-corrected chi connectivity index (χ4v) is 2.06. The standard InChI is InChI=1S/C17H28ClN3O2.HI/c1-4-19-17(20-11-8-12-22-5-2)21-13-14(3)23-16-10-7-6-9-15(16)18;/h6-7,9-10,14H,4-5,8,11-13H2,1-3H3,(H2,19,20,21);1H. The van der Waals surface area contributed by atoms with E-state index in [4.69, 9.17) is 21.1 Å². The smallest absolute Gasteiger partial charge is 0.191 e. The second-order valence-electron chi connectivity index (χ2n) is 5.06. The summed E-state index contributed by atoms with van der Waals surface area (Å²) in [7, 11) is 0. The van der Waals surface area contributed by atoms with E-state index >= 15 is 0 Å². The SMILES string of the molecule is CCNC(=NCC(C)Oc1ccccc1Cl)NCCCOCC.I. The van der Waals surface area contributed by atoms with Crippen molar-refractivity contribution in [1.29, 1.82) is 0 Å². The van der Waals surface area contributed by atoms with Crippen LogP contribution in [0, 0.1) is 0 Å². The second kappa shape index (κ2) is 14.6. The van der Waals surface area contributed by atoms with Gasteiger partial charge >= 0.3 is 0 Å². The Bertz CT molecular complexity index is 475. The number of hydrogen-bond acceptors (Lipinski definition) is 3. The molecule has 1 aromatic rings. The third-order valence-corrected chi connectivity index (χ3v) is 3.29. The van der Waals surface area contributed by atoms with Gasteiger partial charge in [-0.05, 0) is 39.3 Å². The second-order valence-corrected chi connectivity index (χ2v) is 5.46. The van der Waals surface area contributed by atoms with Crippen molar-refractivity contribution in [3.8, 4) is 5.75 Å². The summed E-state index contributed by atoms with van der Waals surface area (Å²) in [5.74, 6) is 1.48. The molecule has 0 heterocycles. The number of nitrogens with zero attached hydrogens (tertiary/aromatic N) is 1. The molecule has 0 aliphatic rings. The predicted molar refractivity (Wildman–Crippen MR) is 112 cm³/mol. The molecule has 0 aliphatic heterocycles. The summed E-state index contributed by atoms with van der Waals surface area (Å²) in [6.07, 6.45) is 0.887. The Balaban J connectivity index is 0.00000529. The number of aliphatic imine (C=N–C) groups is 1. The number of benzene rings is 1. The fraction of sp³-hybridized carbons (Fsp3) is 0.588. The molecule has 1 rings (SSSR count). The highest BCUT2D eigenvalue weighted by atomic mass is 127. The van der Waals surface area contributed by atoms with Crippen LogP contribution in [0.4, 0.5) is 0 Å². The van der Waals surface area contributed by atoms with Crippen LogP contribution in [0.3, 0.4) is 0 Å². The summed E-state index contributed by atoms with van der Waals surface area (Å²) in [4.78, 5) is 4.54. The third kappa shape index (κ3) is 10.2. The highest BCUT2D eigenvalue weighted by Crippen LogP contribution is 2.24. The van der Waals surface area contributed by atoms with Gasteiger partial charge in [-0.25, -0.2) is 4.99 Å². The predicted octanol–water partition coefficient (Wildman–Crippen LogP) is 3.71. The molecule has 0 amide bonds. The Kier molecular flexibility index (Phi) is 14.2. The van der Waals surface area contributed by atoms with Gasteiger partial charge < -0.3 is 20.1 Å². The van der Waals surface area contributed by atoms with Crippen molar-refractivity contribution in [2.24, 2.45) is 4.99 Å². The normalized spacial score (nSPS) is 12.2. The number of guanidine groups is 1. The first-order valence-corrected chi connectivity index (χ1v) is 8.56. The summed E-state index contributed by atoms with van der Waals surface area (Å²) in [5.41, 5.74) is 0. The lowest BCUT2D eigenvalue weighted by atomic mass is 10.3. The van der Waals surface area contributed by atoms with Crippen LogP contribution < -0.4 is 15.4 Å². The van der Waals surface area contributed by atoms with Gasteiger partial charge in [0.2, 0.25) is 0 Å². The largest absolute Gasteiger partial charge is 0.487 e. The molecule has 2 N–H and O–H groups in total. The number of nitrogens with one attached hydrogen (secondary N) is 2. The maximum atomic E-state index is 6.09. The van der Waals surface area contributed by atoms with Crippen molar-refractivity contribution in [2.75, 3.05) is 32.8 Å². The quantitative estimate of drug-likeness (QED) is 0.237. The molecule has 1 unspecified atom stereocenters. The molecular formula is C17H29ClIN3O2. The Morgan fingerprint density at radius 1 is 1.25 bits per heavy atom. The van der Waals surface area contributed by atoms with Crippen LogP contribution in [0.15, 0.2) is 29.3 Å². The lowest BCUT2D eigenvalue weighted by molar-refractivity contribution is 0.145. The van der Waals surface area contributed by atoms with Gasteiger partial charge in [0.25, 0.3) is 0 Å². The lowest BCUT2D eigenvalue weighted by Gasteiger charge is -2.16. The summed E-state index contributed by atoms with van der Waals surface area (Å²) >= 11 is 6.09. The molecular weight excluding hydrogens is 441 g/mol. The minimum absolute atomic E-state index is 0. The number of ether oxygens (including phenoxy) is 2. The van der Waals surface area contributed by atoms with Gasteiger partial charge in [-0.1, -0.05) is 23.7 Å². The van der Waals surface area contributed by atoms with Gasteiger partial charge in [0.15, 0.2) is 5.96 Å². The van der Waals surface area contributed by atoms with E-state index < -0.39 is 0 Å². The first kappa shape index (κ1) is 23.3. The molecule has 24 heavy (non-hydrogen) atoms. The average molecular weight is 470 g/mol. The highest BCUT2D eigenvalue weighted by molar-refractivity contribution is 14.0. The molecule has 1 atom stereocenters. The van der Waals surface area contributed by atoms with Crippen molar-refractivity contribution < 1.29 is 9.47 Å². The zero-order valence-corrected chi connectivity index (χ0v) is 17.8. The van der Waals surface area contributed by atoms with Crippen molar-refractivity contribution in [1.82, 2.24) is 10.6 Å². The molecule has 7 heteroatoms. The van der Waals surface area contributed by atoms with E-state index in [2.05, 4.69) is 15.6 Å². The monoisotopic (exact) mass is 469 g/mol. The molecule has 5 nitrogen and oxygen atoms in total. The molecule has 0 fully saturated rings. The third-order valence-electron chi connectivity index (χ3n) is 2.98. The number of hydrogen-bond donors (Lipinski definition) is 2. The van der Waals surface area contributed by atoms with E-state index in [1.54, 1.807) is 0 Å². The summed E-state index contributed by atoms with van der Waals surface area (Å²) < 4.78 is 11.1. The highest BCUT2D eigenvalue weighted by Gasteiger charge is 2.07. The number of rotatable bonds is 10. The van der Waals surface area contributed by atoms with E-state index in [0.29, 0.717) is 17.3 Å². The Hall–Kier alpha value is -0.730. The minimum Gasteiger partial charge on any atom is -0.487 e. The first-order valence-electron chi connectivity index (χ1n) is 8.18. The molecule has 0 aliphatic carbocycles. The Morgan fingerprint density at radius 3 is 2.67 bits per heavy atom. The summed E-state index contributed by atoms with van der Waals surface area (Å²) in [5, 5.41) is 7.12. The maximum absolute atomic E-state index is 6.09. The lowest BCUT2D eigenvalue weighted by Crippen LogP contribution is -2.38. The van der Waals surface area contributed by atoms with Gasteiger partial charge in [-0.15, -0.1) is 24.0 Å². The topological polar surface area (TPSA) is 54.9 Å². The molecule has 1 aromatic carbocycles. The van der Waals surface area contributed by atoms with E-state index in [0.717, 1.165) is 38.7 Å². The van der Waals surface area contributed by atoms with E-state index in [9.17, 15) is 0 Å². The Labute approximate surface area is 167 Å². The van der Waals surface area contributed by atoms with Crippen LogP contribution in [0.1, 0.15) is 27.2 Å². The van der Waals surface area contributed by atoms with E-state index in [1.165, 1.54) is 0 Å². The van der Waals surface area contributed by atoms with Gasteiger partial charge in [0, 0.05) is 26.3 Å². The van der Waals surface area contributed by atoms with Crippen molar-refractivity contribution in [3.63, 3.8) is 0 Å². The molecule has 138 valence electrons. The van der Waals surface area contributed by atoms with E-state index in [-0.39, 0.29) is 30.1 Å². The van der Waals surface area contributed by atoms with Crippen LogP contribution in [0.5, 0.6) is 5.75 Å². The minimum atomic E-state index is -0.0613. The van der Waals surface area contributed by atoms with Gasteiger partial charge in [-0.3, -0.25) is 0 Å². The van der Waals surface area contributed by atoms with Crippen LogP contribution in [-0.4, -0.2) is 44.9 Å². The number of halogens is 2. The molecule has 0 saturated carbocycles. The van der Waals surface area contributed by atoms with Crippen molar-refractivity contribution in [2.45, 2.75) is 33.3 Å². The summed E-state index contributed by atoms with van der Waals surface area (Å²) in [6.45, 7) is 9.72. The van der Waals surface area contributed by atoms with Gasteiger partial charge in [0.05, 0.1) is 11.6 Å². The maximum Gasteiger partial charge on any atom is 0.191 e. The molecule has 0 spiro atoms. The first-order chi connectivity index (χ1) is 11.2. The van der Waals surface area contributed by atoms with Crippen LogP contribution in [0.25, 0.3) is 0 Å². The molecule has 0 bridgehead atoms. The van der Waals surface area contributed by atoms with Crippen LogP contribution in [0.2, 0.25) is 5.02 Å². The molecule has 0 radical (unpaired) electrons.